The number of halogens is 1. The van der Waals surface area contributed by atoms with E-state index in [9.17, 15) is 5.11 Å². The highest BCUT2D eigenvalue weighted by Gasteiger charge is 2.31. The summed E-state index contributed by atoms with van der Waals surface area (Å²) >= 11 is 6.05. The van der Waals surface area contributed by atoms with E-state index in [4.69, 9.17) is 11.6 Å². The Labute approximate surface area is 125 Å². The van der Waals surface area contributed by atoms with Gasteiger partial charge in [0.25, 0.3) is 0 Å². The molecule has 0 spiro atoms. The van der Waals surface area contributed by atoms with Crippen LogP contribution in [-0.2, 0) is 6.54 Å². The number of rotatable bonds is 5. The normalized spacial score (nSPS) is 23.2. The summed E-state index contributed by atoms with van der Waals surface area (Å²) in [6, 6.07) is 6.04. The van der Waals surface area contributed by atoms with E-state index in [2.05, 4.69) is 10.2 Å². The molecular weight excluding hydrogens is 272 g/mol. The van der Waals surface area contributed by atoms with Gasteiger partial charge in [0.2, 0.25) is 0 Å². The van der Waals surface area contributed by atoms with Crippen molar-refractivity contribution in [3.8, 4) is 5.75 Å². The third kappa shape index (κ3) is 3.66. The maximum atomic E-state index is 9.99. The minimum absolute atomic E-state index is 0.363. The van der Waals surface area contributed by atoms with Crippen LogP contribution in [0.3, 0.4) is 0 Å². The van der Waals surface area contributed by atoms with Crippen molar-refractivity contribution < 1.29 is 5.11 Å². The van der Waals surface area contributed by atoms with Crippen molar-refractivity contribution in [2.24, 2.45) is 5.92 Å². The summed E-state index contributed by atoms with van der Waals surface area (Å²) in [5.74, 6) is 1.10. The van der Waals surface area contributed by atoms with Gasteiger partial charge in [-0.25, -0.2) is 0 Å². The number of nitrogens with one attached hydrogen (secondary N) is 1. The molecule has 1 aliphatic carbocycles. The molecule has 0 amide bonds. The Morgan fingerprint density at radius 1 is 1.30 bits per heavy atom. The molecule has 1 atom stereocenters. The van der Waals surface area contributed by atoms with Crippen molar-refractivity contribution in [1.82, 2.24) is 10.2 Å². The second-order valence-electron chi connectivity index (χ2n) is 6.15. The molecule has 0 aromatic heterocycles. The lowest BCUT2D eigenvalue weighted by molar-refractivity contribution is 0.191. The molecule has 4 heteroatoms. The van der Waals surface area contributed by atoms with Crippen LogP contribution in [0.2, 0.25) is 5.02 Å². The van der Waals surface area contributed by atoms with Crippen LogP contribution >= 0.6 is 11.6 Å². The van der Waals surface area contributed by atoms with E-state index in [1.165, 1.54) is 25.7 Å². The zero-order chi connectivity index (χ0) is 13.9. The van der Waals surface area contributed by atoms with Crippen molar-refractivity contribution in [3.63, 3.8) is 0 Å². The van der Waals surface area contributed by atoms with Crippen molar-refractivity contribution in [3.05, 3.63) is 28.8 Å². The smallest absolute Gasteiger partial charge is 0.120 e. The highest BCUT2D eigenvalue weighted by atomic mass is 35.5. The molecule has 1 unspecified atom stereocenters. The zero-order valence-electron chi connectivity index (χ0n) is 11.8. The second-order valence-corrected chi connectivity index (χ2v) is 6.58. The molecular formula is C16H23ClN2O. The topological polar surface area (TPSA) is 35.5 Å². The number of hydrogen-bond acceptors (Lipinski definition) is 3. The number of phenols is 1. The van der Waals surface area contributed by atoms with Crippen molar-refractivity contribution in [2.45, 2.75) is 38.3 Å². The fraction of sp³-hybridized carbons (Fsp3) is 0.625. The number of aromatic hydroxyl groups is 1. The standard InChI is InChI=1S/C16H23ClN2O/c17-14-3-6-16(20)13(8-14)11-19(15-4-5-15)10-12-2-1-7-18-9-12/h3,6,8,12,15,18,20H,1-2,4-5,7,9-11H2. The molecule has 1 aromatic carbocycles. The Morgan fingerprint density at radius 3 is 2.85 bits per heavy atom. The monoisotopic (exact) mass is 294 g/mol. The van der Waals surface area contributed by atoms with Crippen molar-refractivity contribution in [2.75, 3.05) is 19.6 Å². The van der Waals surface area contributed by atoms with E-state index < -0.39 is 0 Å². The van der Waals surface area contributed by atoms with Gasteiger partial charge in [0, 0.05) is 29.7 Å². The first-order valence-electron chi connectivity index (χ1n) is 7.64. The van der Waals surface area contributed by atoms with Crippen LogP contribution in [0.25, 0.3) is 0 Å². The SMILES string of the molecule is Oc1ccc(Cl)cc1CN(CC1CCCNC1)C1CC1. The molecule has 0 bridgehead atoms. The number of nitrogens with zero attached hydrogens (tertiary/aromatic N) is 1. The number of piperidine rings is 1. The third-order valence-electron chi connectivity index (χ3n) is 4.37. The van der Waals surface area contributed by atoms with Crippen LogP contribution in [0.4, 0.5) is 0 Å². The molecule has 1 aliphatic heterocycles. The number of benzene rings is 1. The lowest BCUT2D eigenvalue weighted by atomic mass is 9.98. The fourth-order valence-corrected chi connectivity index (χ4v) is 3.29. The van der Waals surface area contributed by atoms with E-state index in [0.29, 0.717) is 16.8 Å². The summed E-state index contributed by atoms with van der Waals surface area (Å²) in [4.78, 5) is 2.53. The van der Waals surface area contributed by atoms with Gasteiger partial charge in [0.1, 0.15) is 5.75 Å². The molecule has 3 rings (SSSR count). The first-order valence-corrected chi connectivity index (χ1v) is 8.02. The molecule has 1 saturated carbocycles. The average Bonchev–Trinajstić information content (AvgIpc) is 3.28. The van der Waals surface area contributed by atoms with Gasteiger partial charge in [0.05, 0.1) is 0 Å². The maximum absolute atomic E-state index is 9.99. The lowest BCUT2D eigenvalue weighted by Gasteiger charge is -2.30. The Morgan fingerprint density at radius 2 is 2.15 bits per heavy atom. The zero-order valence-corrected chi connectivity index (χ0v) is 12.6. The summed E-state index contributed by atoms with van der Waals surface area (Å²) in [6.45, 7) is 4.23. The molecule has 2 aliphatic rings. The number of phenolic OH excluding ortho intramolecular Hbond substituents is 1. The van der Waals surface area contributed by atoms with Gasteiger partial charge in [-0.05, 0) is 62.9 Å². The third-order valence-corrected chi connectivity index (χ3v) is 4.60. The second kappa shape index (κ2) is 6.33. The van der Waals surface area contributed by atoms with Gasteiger partial charge in [0.15, 0.2) is 0 Å². The van der Waals surface area contributed by atoms with Crippen molar-refractivity contribution in [1.29, 1.82) is 0 Å². The molecule has 20 heavy (non-hydrogen) atoms. The summed E-state index contributed by atoms with van der Waals surface area (Å²) < 4.78 is 0. The molecule has 2 fully saturated rings. The predicted octanol–water partition coefficient (Wildman–Crippen LogP) is 3.01. The minimum Gasteiger partial charge on any atom is -0.508 e. The van der Waals surface area contributed by atoms with Crippen LogP contribution in [-0.4, -0.2) is 35.7 Å². The molecule has 1 saturated heterocycles. The first-order chi connectivity index (χ1) is 9.72. The Kier molecular flexibility index (Phi) is 4.49. The largest absolute Gasteiger partial charge is 0.508 e. The molecule has 2 N–H and O–H groups in total. The van der Waals surface area contributed by atoms with E-state index in [0.717, 1.165) is 37.7 Å². The molecule has 3 nitrogen and oxygen atoms in total. The molecule has 0 radical (unpaired) electrons. The fourth-order valence-electron chi connectivity index (χ4n) is 3.09. The highest BCUT2D eigenvalue weighted by molar-refractivity contribution is 6.30. The van der Waals surface area contributed by atoms with Crippen LogP contribution in [0.5, 0.6) is 5.75 Å². The van der Waals surface area contributed by atoms with Gasteiger partial charge >= 0.3 is 0 Å². The van der Waals surface area contributed by atoms with Crippen LogP contribution in [0.1, 0.15) is 31.2 Å². The first kappa shape index (κ1) is 14.2. The molecule has 1 aromatic rings. The van der Waals surface area contributed by atoms with E-state index in [-0.39, 0.29) is 0 Å². The Balaban J connectivity index is 1.66. The average molecular weight is 295 g/mol. The van der Waals surface area contributed by atoms with Crippen LogP contribution in [0, 0.1) is 5.92 Å². The minimum atomic E-state index is 0.363. The maximum Gasteiger partial charge on any atom is 0.120 e. The van der Waals surface area contributed by atoms with Gasteiger partial charge in [-0.15, -0.1) is 0 Å². The van der Waals surface area contributed by atoms with Gasteiger partial charge < -0.3 is 10.4 Å². The van der Waals surface area contributed by atoms with Gasteiger partial charge in [-0.3, -0.25) is 4.90 Å². The Bertz CT molecular complexity index is 456. The van der Waals surface area contributed by atoms with E-state index in [1.807, 2.05) is 6.07 Å². The van der Waals surface area contributed by atoms with Crippen LogP contribution < -0.4 is 5.32 Å². The van der Waals surface area contributed by atoms with Gasteiger partial charge in [-0.2, -0.15) is 0 Å². The van der Waals surface area contributed by atoms with E-state index >= 15 is 0 Å². The quantitative estimate of drug-likeness (QED) is 0.876. The summed E-state index contributed by atoms with van der Waals surface area (Å²) in [7, 11) is 0. The highest BCUT2D eigenvalue weighted by Crippen LogP contribution is 2.32. The summed E-state index contributed by atoms with van der Waals surface area (Å²) in [5.41, 5.74) is 0.952. The van der Waals surface area contributed by atoms with Crippen LogP contribution in [0.15, 0.2) is 18.2 Å². The lowest BCUT2D eigenvalue weighted by Crippen LogP contribution is -2.39. The number of hydrogen-bond donors (Lipinski definition) is 2. The van der Waals surface area contributed by atoms with Crippen molar-refractivity contribution >= 4 is 11.6 Å². The Hall–Kier alpha value is -0.770. The molecule has 110 valence electrons. The van der Waals surface area contributed by atoms with Gasteiger partial charge in [-0.1, -0.05) is 11.6 Å². The molecule has 1 heterocycles. The van der Waals surface area contributed by atoms with E-state index in [1.54, 1.807) is 12.1 Å². The summed E-state index contributed by atoms with van der Waals surface area (Å²) in [6.07, 6.45) is 5.19. The summed E-state index contributed by atoms with van der Waals surface area (Å²) in [5, 5.41) is 14.2. The predicted molar refractivity (Wildman–Crippen MR) is 82.1 cm³/mol.